The monoisotopic (exact) mass is 344 g/mol. The summed E-state index contributed by atoms with van der Waals surface area (Å²) in [6.07, 6.45) is -4.59. The molecule has 0 radical (unpaired) electrons. The molecule has 2 N–H and O–H groups in total. The molecule has 1 rings (SSSR count). The van der Waals surface area contributed by atoms with Crippen molar-refractivity contribution in [2.45, 2.75) is 43.8 Å². The molecular formula is C12H19F3N2O2S2. The maximum atomic E-state index is 12.1. The molecule has 0 amide bonds. The molecule has 1 aromatic rings. The zero-order valence-corrected chi connectivity index (χ0v) is 13.3. The van der Waals surface area contributed by atoms with Gasteiger partial charge in [-0.05, 0) is 30.8 Å². The lowest BCUT2D eigenvalue weighted by molar-refractivity contribution is -0.135. The first-order valence-corrected chi connectivity index (χ1v) is 8.96. The lowest BCUT2D eigenvalue weighted by Crippen LogP contribution is -2.27. The Morgan fingerprint density at radius 2 is 2.00 bits per heavy atom. The lowest BCUT2D eigenvalue weighted by Gasteiger charge is -2.09. The summed E-state index contributed by atoms with van der Waals surface area (Å²) in [5.74, 6) is 0. The Morgan fingerprint density at radius 3 is 2.62 bits per heavy atom. The maximum absolute atomic E-state index is 12.1. The average molecular weight is 344 g/mol. The van der Waals surface area contributed by atoms with Crippen molar-refractivity contribution in [3.63, 3.8) is 0 Å². The van der Waals surface area contributed by atoms with Crippen LogP contribution in [0, 0.1) is 0 Å². The standard InChI is InChI=1S/C12H19F3N2O2S2/c1-2-6-16-9-10-11(4-8-20-10)21(18,19)17-7-3-5-12(13,14)15/h4,8,16-17H,2-3,5-7,9H2,1H3. The fraction of sp³-hybridized carbons (Fsp3) is 0.667. The summed E-state index contributed by atoms with van der Waals surface area (Å²) >= 11 is 1.31. The Hall–Kier alpha value is -0.640. The minimum atomic E-state index is -4.26. The van der Waals surface area contributed by atoms with E-state index in [2.05, 4.69) is 10.0 Å². The lowest BCUT2D eigenvalue weighted by atomic mass is 10.3. The number of nitrogens with one attached hydrogen (secondary N) is 2. The van der Waals surface area contributed by atoms with Gasteiger partial charge in [0, 0.05) is 24.4 Å². The average Bonchev–Trinajstić information content (AvgIpc) is 2.83. The molecule has 0 saturated carbocycles. The summed E-state index contributed by atoms with van der Waals surface area (Å²) in [7, 11) is -3.75. The first-order chi connectivity index (χ1) is 9.76. The van der Waals surface area contributed by atoms with Crippen molar-refractivity contribution in [2.24, 2.45) is 0 Å². The first-order valence-electron chi connectivity index (χ1n) is 6.60. The van der Waals surface area contributed by atoms with Gasteiger partial charge in [0.05, 0.1) is 4.90 Å². The highest BCUT2D eigenvalue weighted by Gasteiger charge is 2.26. The summed E-state index contributed by atoms with van der Waals surface area (Å²) in [5, 5.41) is 4.77. The Morgan fingerprint density at radius 1 is 1.29 bits per heavy atom. The third-order valence-corrected chi connectivity index (χ3v) is 5.23. The van der Waals surface area contributed by atoms with Gasteiger partial charge in [-0.1, -0.05) is 6.92 Å². The van der Waals surface area contributed by atoms with Gasteiger partial charge >= 0.3 is 6.18 Å². The number of hydrogen-bond acceptors (Lipinski definition) is 4. The Labute approximate surface area is 126 Å². The van der Waals surface area contributed by atoms with Gasteiger partial charge in [0.2, 0.25) is 10.0 Å². The van der Waals surface area contributed by atoms with Crippen LogP contribution >= 0.6 is 11.3 Å². The van der Waals surface area contributed by atoms with Gasteiger partial charge < -0.3 is 5.32 Å². The molecule has 0 unspecified atom stereocenters. The molecule has 21 heavy (non-hydrogen) atoms. The second kappa shape index (κ2) is 8.11. The highest BCUT2D eigenvalue weighted by Crippen LogP contribution is 2.23. The Bertz CT molecular complexity index is 527. The summed E-state index contributed by atoms with van der Waals surface area (Å²) < 4.78 is 62.3. The number of sulfonamides is 1. The van der Waals surface area contributed by atoms with Gasteiger partial charge in [-0.3, -0.25) is 0 Å². The van der Waals surface area contributed by atoms with E-state index >= 15 is 0 Å². The summed E-state index contributed by atoms with van der Waals surface area (Å²) in [5.41, 5.74) is 0. The van der Waals surface area contributed by atoms with Crippen molar-refractivity contribution < 1.29 is 21.6 Å². The molecule has 0 aliphatic rings. The second-order valence-corrected chi connectivity index (χ2v) is 7.24. The minimum absolute atomic E-state index is 0.142. The van der Waals surface area contributed by atoms with Crippen LogP contribution in [0.4, 0.5) is 13.2 Å². The number of thiophene rings is 1. The van der Waals surface area contributed by atoms with Gasteiger partial charge in [-0.25, -0.2) is 13.1 Å². The normalized spacial score (nSPS) is 12.8. The zero-order valence-electron chi connectivity index (χ0n) is 11.7. The van der Waals surface area contributed by atoms with Gasteiger partial charge in [0.15, 0.2) is 0 Å². The Balaban J connectivity index is 2.56. The molecule has 1 heterocycles. The molecule has 0 fully saturated rings. The third kappa shape index (κ3) is 6.77. The predicted molar refractivity (Wildman–Crippen MR) is 76.8 cm³/mol. The van der Waals surface area contributed by atoms with E-state index in [0.29, 0.717) is 11.4 Å². The number of hydrogen-bond donors (Lipinski definition) is 2. The van der Waals surface area contributed by atoms with Crippen LogP contribution in [0.2, 0.25) is 0 Å². The van der Waals surface area contributed by atoms with Crippen molar-refractivity contribution in [2.75, 3.05) is 13.1 Å². The summed E-state index contributed by atoms with van der Waals surface area (Å²) in [6.45, 7) is 2.99. The van der Waals surface area contributed by atoms with Crippen molar-refractivity contribution in [3.05, 3.63) is 16.3 Å². The molecule has 4 nitrogen and oxygen atoms in total. The fourth-order valence-electron chi connectivity index (χ4n) is 1.65. The molecule has 0 spiro atoms. The van der Waals surface area contributed by atoms with E-state index in [-0.39, 0.29) is 17.9 Å². The van der Waals surface area contributed by atoms with E-state index in [9.17, 15) is 21.6 Å². The molecule has 122 valence electrons. The van der Waals surface area contributed by atoms with Crippen LogP contribution < -0.4 is 10.0 Å². The third-order valence-electron chi connectivity index (χ3n) is 2.64. The fourth-order valence-corrected chi connectivity index (χ4v) is 4.13. The van der Waals surface area contributed by atoms with Crippen molar-refractivity contribution in [3.8, 4) is 0 Å². The first kappa shape index (κ1) is 18.4. The topological polar surface area (TPSA) is 58.2 Å². The van der Waals surface area contributed by atoms with E-state index < -0.39 is 22.6 Å². The molecule has 0 aliphatic carbocycles. The highest BCUT2D eigenvalue weighted by atomic mass is 32.2. The van der Waals surface area contributed by atoms with E-state index in [1.165, 1.54) is 17.4 Å². The van der Waals surface area contributed by atoms with Crippen LogP contribution in [-0.4, -0.2) is 27.7 Å². The smallest absolute Gasteiger partial charge is 0.312 e. The quantitative estimate of drug-likeness (QED) is 0.677. The largest absolute Gasteiger partial charge is 0.389 e. The number of rotatable bonds is 9. The number of alkyl halides is 3. The summed E-state index contributed by atoms with van der Waals surface area (Å²) in [6, 6.07) is 1.47. The van der Waals surface area contributed by atoms with Crippen molar-refractivity contribution in [1.29, 1.82) is 0 Å². The van der Waals surface area contributed by atoms with Gasteiger partial charge in [-0.2, -0.15) is 13.2 Å². The van der Waals surface area contributed by atoms with Crippen LogP contribution in [0.5, 0.6) is 0 Å². The van der Waals surface area contributed by atoms with Gasteiger partial charge in [0.1, 0.15) is 0 Å². The van der Waals surface area contributed by atoms with Crippen molar-refractivity contribution in [1.82, 2.24) is 10.0 Å². The van der Waals surface area contributed by atoms with Crippen LogP contribution in [0.1, 0.15) is 31.1 Å². The molecule has 0 aromatic carbocycles. The summed E-state index contributed by atoms with van der Waals surface area (Å²) in [4.78, 5) is 0.801. The van der Waals surface area contributed by atoms with Crippen molar-refractivity contribution >= 4 is 21.4 Å². The SMILES string of the molecule is CCCNCc1sccc1S(=O)(=O)NCCCC(F)(F)F. The number of halogens is 3. The molecule has 0 atom stereocenters. The van der Waals surface area contributed by atoms with Gasteiger partial charge in [-0.15, -0.1) is 11.3 Å². The van der Waals surface area contributed by atoms with Gasteiger partial charge in [0.25, 0.3) is 0 Å². The molecule has 1 aromatic heterocycles. The predicted octanol–water partition coefficient (Wildman–Crippen LogP) is 2.87. The van der Waals surface area contributed by atoms with E-state index in [1.54, 1.807) is 5.38 Å². The van der Waals surface area contributed by atoms with E-state index in [4.69, 9.17) is 0 Å². The molecule has 9 heteroatoms. The Kier molecular flexibility index (Phi) is 7.11. The van der Waals surface area contributed by atoms with E-state index in [1.807, 2.05) is 6.92 Å². The highest BCUT2D eigenvalue weighted by molar-refractivity contribution is 7.89. The molecule has 0 bridgehead atoms. The molecule has 0 aliphatic heterocycles. The van der Waals surface area contributed by atoms with Crippen LogP contribution in [0.25, 0.3) is 0 Å². The maximum Gasteiger partial charge on any atom is 0.389 e. The van der Waals surface area contributed by atoms with Crippen LogP contribution in [0.15, 0.2) is 16.3 Å². The molecule has 0 saturated heterocycles. The molecular weight excluding hydrogens is 325 g/mol. The zero-order chi connectivity index (χ0) is 15.9. The minimum Gasteiger partial charge on any atom is -0.312 e. The van der Waals surface area contributed by atoms with E-state index in [0.717, 1.165) is 13.0 Å². The van der Waals surface area contributed by atoms with Crippen LogP contribution in [-0.2, 0) is 16.6 Å². The van der Waals surface area contributed by atoms with Crippen LogP contribution in [0.3, 0.4) is 0 Å². The second-order valence-electron chi connectivity index (χ2n) is 4.50.